The van der Waals surface area contributed by atoms with E-state index in [0.29, 0.717) is 0 Å². The van der Waals surface area contributed by atoms with Gasteiger partial charge in [0.1, 0.15) is 4.83 Å². The number of para-hydroxylation sites is 2. The Morgan fingerprint density at radius 3 is 2.00 bits per heavy atom. The van der Waals surface area contributed by atoms with Crippen LogP contribution in [0.2, 0.25) is 0 Å². The van der Waals surface area contributed by atoms with E-state index < -0.39 is 0 Å². The Morgan fingerprint density at radius 1 is 0.415 bits per heavy atom. The van der Waals surface area contributed by atoms with Crippen LogP contribution in [0.15, 0.2) is 158 Å². The Bertz CT molecular complexity index is 3700. The van der Waals surface area contributed by atoms with Crippen molar-refractivity contribution in [1.29, 1.82) is 0 Å². The van der Waals surface area contributed by atoms with Crippen molar-refractivity contribution in [3.8, 4) is 17.2 Å². The molecule has 53 heavy (non-hydrogen) atoms. The predicted octanol–water partition coefficient (Wildman–Crippen LogP) is 13.1. The van der Waals surface area contributed by atoms with Gasteiger partial charge in [0.25, 0.3) is 0 Å². The number of aromatic nitrogens is 4. The van der Waals surface area contributed by atoms with E-state index in [2.05, 4.69) is 167 Å². The number of benzene rings is 8. The normalized spacial score (nSPS) is 12.5. The molecule has 0 N–H and O–H groups in total. The lowest BCUT2D eigenvalue weighted by molar-refractivity contribution is 1.08. The minimum absolute atomic E-state index is 0.731. The monoisotopic (exact) mass is 690 g/mol. The zero-order valence-electron chi connectivity index (χ0n) is 28.2. The van der Waals surface area contributed by atoms with E-state index in [4.69, 9.17) is 9.97 Å². The van der Waals surface area contributed by atoms with E-state index in [9.17, 15) is 0 Å². The van der Waals surface area contributed by atoms with Gasteiger partial charge >= 0.3 is 0 Å². The van der Waals surface area contributed by atoms with Gasteiger partial charge in [-0.2, -0.15) is 0 Å². The third-order valence-corrected chi connectivity index (χ3v) is 12.5. The van der Waals surface area contributed by atoms with Crippen molar-refractivity contribution in [2.24, 2.45) is 0 Å². The van der Waals surface area contributed by atoms with Crippen molar-refractivity contribution in [3.05, 3.63) is 158 Å². The smallest absolute Gasteiger partial charge is 0.163 e. The Labute approximate surface area is 305 Å². The van der Waals surface area contributed by atoms with E-state index in [1.165, 1.54) is 80.5 Å². The Hall–Kier alpha value is -6.82. The number of nitrogens with zero attached hydrogens (tertiary/aromatic N) is 4. The van der Waals surface area contributed by atoms with Gasteiger partial charge in [-0.1, -0.05) is 127 Å². The standard InChI is InChI=1S/C48H26N4S/c1-2-13-29-25-30(22-21-27(29)11-1)46-49-47(43-34-17-7-10-20-40(34)53-48(43)50-46)51-38-19-9-6-16-33(38)41-39(51)26-36-32-15-5-8-18-37(32)52-44-31-14-4-3-12-28(31)23-24-35(44)42(41)45(36)52/h1-26H. The van der Waals surface area contributed by atoms with Crippen molar-refractivity contribution in [2.45, 2.75) is 0 Å². The number of hydrogen-bond acceptors (Lipinski definition) is 3. The maximum absolute atomic E-state index is 5.58. The quantitative estimate of drug-likeness (QED) is 0.181. The first-order valence-corrected chi connectivity index (χ1v) is 18.8. The van der Waals surface area contributed by atoms with Crippen LogP contribution in [0, 0.1) is 0 Å². The highest BCUT2D eigenvalue weighted by Gasteiger charge is 2.27. The van der Waals surface area contributed by atoms with E-state index in [-0.39, 0.29) is 0 Å². The lowest BCUT2D eigenvalue weighted by Crippen LogP contribution is -2.02. The van der Waals surface area contributed by atoms with Gasteiger partial charge in [-0.15, -0.1) is 11.3 Å². The average molecular weight is 691 g/mol. The minimum Gasteiger partial charge on any atom is -0.307 e. The predicted molar refractivity (Wildman–Crippen MR) is 224 cm³/mol. The topological polar surface area (TPSA) is 35.1 Å². The maximum atomic E-state index is 5.58. The molecule has 5 heterocycles. The van der Waals surface area contributed by atoms with Gasteiger partial charge in [0, 0.05) is 53.4 Å². The molecule has 0 fully saturated rings. The van der Waals surface area contributed by atoms with Gasteiger partial charge in [0.15, 0.2) is 11.6 Å². The molecule has 13 aromatic rings. The molecule has 0 amide bonds. The third-order valence-electron chi connectivity index (χ3n) is 11.4. The molecule has 5 heteroatoms. The Kier molecular flexibility index (Phi) is 5.22. The zero-order chi connectivity index (χ0) is 34.4. The maximum Gasteiger partial charge on any atom is 0.163 e. The number of fused-ring (bicyclic) bond motifs is 16. The highest BCUT2D eigenvalue weighted by Crippen LogP contribution is 2.49. The van der Waals surface area contributed by atoms with Crippen molar-refractivity contribution in [3.63, 3.8) is 0 Å². The van der Waals surface area contributed by atoms with E-state index >= 15 is 0 Å². The molecular formula is C48H26N4S. The summed E-state index contributed by atoms with van der Waals surface area (Å²) in [5, 5.41) is 14.7. The molecule has 0 saturated heterocycles. The van der Waals surface area contributed by atoms with Crippen LogP contribution in [-0.2, 0) is 0 Å². The number of hydrogen-bond donors (Lipinski definition) is 0. The Balaban J connectivity index is 1.26. The van der Waals surface area contributed by atoms with Crippen LogP contribution in [0.3, 0.4) is 0 Å². The number of rotatable bonds is 2. The van der Waals surface area contributed by atoms with E-state index in [0.717, 1.165) is 38.5 Å². The van der Waals surface area contributed by atoms with Crippen LogP contribution in [0.4, 0.5) is 0 Å². The van der Waals surface area contributed by atoms with Crippen LogP contribution in [0.5, 0.6) is 0 Å². The van der Waals surface area contributed by atoms with Crippen molar-refractivity contribution < 1.29 is 0 Å². The van der Waals surface area contributed by atoms with E-state index in [1.54, 1.807) is 11.3 Å². The molecule has 8 aromatic carbocycles. The second-order valence-electron chi connectivity index (χ2n) is 14.1. The Morgan fingerprint density at radius 2 is 1.11 bits per heavy atom. The average Bonchev–Trinajstić information content (AvgIpc) is 3.95. The number of thiophene rings is 1. The van der Waals surface area contributed by atoms with Crippen LogP contribution in [-0.4, -0.2) is 18.9 Å². The summed E-state index contributed by atoms with van der Waals surface area (Å²) >= 11 is 1.74. The summed E-state index contributed by atoms with van der Waals surface area (Å²) in [6, 6.07) is 57.3. The highest BCUT2D eigenvalue weighted by atomic mass is 32.1. The molecule has 0 aliphatic heterocycles. The van der Waals surface area contributed by atoms with Crippen molar-refractivity contribution >= 4 is 113 Å². The summed E-state index contributed by atoms with van der Waals surface area (Å²) < 4.78 is 6.16. The molecule has 0 unspecified atom stereocenters. The molecule has 0 saturated carbocycles. The zero-order valence-corrected chi connectivity index (χ0v) is 29.0. The molecule has 0 bridgehead atoms. The molecule has 0 aliphatic rings. The van der Waals surface area contributed by atoms with Crippen LogP contribution < -0.4 is 0 Å². The first-order chi connectivity index (χ1) is 26.3. The lowest BCUT2D eigenvalue weighted by Gasteiger charge is -2.12. The van der Waals surface area contributed by atoms with Crippen molar-refractivity contribution in [2.75, 3.05) is 0 Å². The second kappa shape index (κ2) is 9.94. The van der Waals surface area contributed by atoms with Gasteiger partial charge < -0.3 is 4.40 Å². The van der Waals surface area contributed by atoms with Crippen LogP contribution in [0.1, 0.15) is 0 Å². The molecule has 0 radical (unpaired) electrons. The fraction of sp³-hybridized carbons (Fsp3) is 0. The summed E-state index contributed by atoms with van der Waals surface area (Å²) in [6.45, 7) is 0. The third kappa shape index (κ3) is 3.54. The summed E-state index contributed by atoms with van der Waals surface area (Å²) in [5.41, 5.74) is 7.07. The SMILES string of the molecule is c1ccc2cc(-c3nc(-n4c5ccccc5c5c6c7ccc8ccccc8c7n7c8ccccc8c(cc54)c67)c4c(n3)sc3ccccc34)ccc2c1. The summed E-state index contributed by atoms with van der Waals surface area (Å²) in [5.74, 6) is 1.64. The van der Waals surface area contributed by atoms with Gasteiger partial charge in [-0.05, 0) is 46.5 Å². The molecule has 5 aromatic heterocycles. The molecule has 0 spiro atoms. The molecule has 13 rings (SSSR count). The molecular weight excluding hydrogens is 665 g/mol. The fourth-order valence-electron chi connectivity index (χ4n) is 9.22. The van der Waals surface area contributed by atoms with Gasteiger partial charge in [0.05, 0.1) is 33.0 Å². The first-order valence-electron chi connectivity index (χ1n) is 18.0. The first kappa shape index (κ1) is 27.8. The van der Waals surface area contributed by atoms with Crippen LogP contribution in [0.25, 0.3) is 119 Å². The summed E-state index contributed by atoms with van der Waals surface area (Å²) in [7, 11) is 0. The molecule has 244 valence electrons. The van der Waals surface area contributed by atoms with Gasteiger partial charge in [0.2, 0.25) is 0 Å². The van der Waals surface area contributed by atoms with Gasteiger partial charge in [-0.3, -0.25) is 4.57 Å². The summed E-state index contributed by atoms with van der Waals surface area (Å²) in [4.78, 5) is 11.9. The second-order valence-corrected chi connectivity index (χ2v) is 15.2. The summed E-state index contributed by atoms with van der Waals surface area (Å²) in [6.07, 6.45) is 0. The molecule has 4 nitrogen and oxygen atoms in total. The largest absolute Gasteiger partial charge is 0.307 e. The van der Waals surface area contributed by atoms with Crippen LogP contribution >= 0.6 is 11.3 Å². The molecule has 0 atom stereocenters. The highest BCUT2D eigenvalue weighted by molar-refractivity contribution is 7.25. The fourth-order valence-corrected chi connectivity index (χ4v) is 10.3. The molecule has 0 aliphatic carbocycles. The lowest BCUT2D eigenvalue weighted by atomic mass is 10.00. The van der Waals surface area contributed by atoms with Gasteiger partial charge in [-0.25, -0.2) is 9.97 Å². The van der Waals surface area contributed by atoms with E-state index in [1.807, 2.05) is 0 Å². The van der Waals surface area contributed by atoms with Crippen molar-refractivity contribution in [1.82, 2.24) is 18.9 Å². The minimum atomic E-state index is 0.731.